The van der Waals surface area contributed by atoms with Crippen LogP contribution in [0.5, 0.6) is 0 Å². The Bertz CT molecular complexity index is 5720. The Kier molecular flexibility index (Phi) is 22.9. The lowest BCUT2D eigenvalue weighted by atomic mass is 9.97. The van der Waals surface area contributed by atoms with Crippen LogP contribution in [0.1, 0.15) is 44.5 Å². The Hall–Kier alpha value is -13.5. The van der Waals surface area contributed by atoms with Crippen molar-refractivity contribution in [1.82, 2.24) is 9.80 Å². The van der Waals surface area contributed by atoms with Gasteiger partial charge < -0.3 is 28.7 Å². The number of methoxy groups -OCH3 is 4. The number of rotatable bonds is 27. The maximum absolute atomic E-state index is 5.71. The first-order valence-corrected chi connectivity index (χ1v) is 39.5. The van der Waals surface area contributed by atoms with Gasteiger partial charge in [-0.05, 0) is 145 Å². The van der Waals surface area contributed by atoms with E-state index in [2.05, 4.69) is 379 Å². The van der Waals surface area contributed by atoms with E-state index in [1.54, 1.807) is 28.4 Å². The van der Waals surface area contributed by atoms with Crippen LogP contribution < -0.4 is 27.4 Å². The molecule has 8 bridgehead atoms. The summed E-state index contributed by atoms with van der Waals surface area (Å²) in [6.07, 6.45) is 60.0. The molecule has 16 heteroatoms. The third kappa shape index (κ3) is 17.5. The third-order valence-corrected chi connectivity index (χ3v) is 21.7. The van der Waals surface area contributed by atoms with Gasteiger partial charge in [-0.2, -0.15) is 0 Å². The molecule has 7 aliphatic rings. The van der Waals surface area contributed by atoms with E-state index in [9.17, 15) is 0 Å². The fourth-order valence-corrected chi connectivity index (χ4v) is 15.2. The van der Waals surface area contributed by atoms with Gasteiger partial charge in [0.15, 0.2) is 114 Å². The average molecular weight is 1530 g/mol. The number of hydrogen-bond acceptors (Lipinski definition) is 10. The van der Waals surface area contributed by atoms with Crippen molar-refractivity contribution < 1.29 is 46.4 Å². The predicted molar refractivity (Wildman–Crippen MR) is 457 cm³/mol. The lowest BCUT2D eigenvalue weighted by molar-refractivity contribution is -0.698. The molecule has 0 unspecified atom stereocenters. The first-order chi connectivity index (χ1) is 57.2. The van der Waals surface area contributed by atoms with Crippen LogP contribution in [-0.2, 0) is 64.8 Å². The minimum absolute atomic E-state index is 0.667. The molecule has 4 aromatic carbocycles. The van der Waals surface area contributed by atoms with Crippen LogP contribution in [0.15, 0.2) is 396 Å². The summed E-state index contributed by atoms with van der Waals surface area (Å²) < 4.78 is 34.3. The molecule has 16 nitrogen and oxygen atoms in total. The Morgan fingerprint density at radius 3 is 0.741 bits per heavy atom. The van der Waals surface area contributed by atoms with Gasteiger partial charge in [-0.15, -0.1) is 0 Å². The summed E-state index contributed by atoms with van der Waals surface area (Å²) in [4.78, 5) is 27.2. The molecule has 6 aromatic heterocycles. The number of aliphatic imine (C=N–C) groups is 4. The smallest absolute Gasteiger partial charge is 0.173 e. The van der Waals surface area contributed by atoms with Crippen molar-refractivity contribution in [3.63, 3.8) is 0 Å². The van der Waals surface area contributed by atoms with Crippen molar-refractivity contribution in [3.05, 3.63) is 420 Å². The van der Waals surface area contributed by atoms with E-state index in [4.69, 9.17) is 38.9 Å². The van der Waals surface area contributed by atoms with Gasteiger partial charge in [-0.25, -0.2) is 47.4 Å². The number of fused-ring (bicyclic) bond motifs is 4. The number of benzene rings is 4. The van der Waals surface area contributed by atoms with Crippen LogP contribution in [0.4, 0.5) is 0 Å². The highest BCUT2D eigenvalue weighted by Gasteiger charge is 2.29. The summed E-state index contributed by atoms with van der Waals surface area (Å²) in [5, 5.41) is 0. The molecule has 10 aromatic rings. The number of hydrogen-bond donors (Lipinski definition) is 0. The summed E-state index contributed by atoms with van der Waals surface area (Å²) in [5.41, 5.74) is 27.9. The van der Waals surface area contributed by atoms with Gasteiger partial charge in [0.2, 0.25) is 0 Å². The second-order valence-corrected chi connectivity index (χ2v) is 29.5. The number of pyridine rings is 6. The molecule has 570 valence electrons. The fraction of sp³-hybridized carbons (Fsp3) is 0.160. The second-order valence-electron chi connectivity index (χ2n) is 29.5. The van der Waals surface area contributed by atoms with Crippen LogP contribution in [0.25, 0.3) is 55.7 Å². The molecule has 0 saturated heterocycles. The lowest BCUT2D eigenvalue weighted by Crippen LogP contribution is -2.34. The lowest BCUT2D eigenvalue weighted by Gasteiger charge is -2.22. The summed E-state index contributed by atoms with van der Waals surface area (Å²) >= 11 is 0. The van der Waals surface area contributed by atoms with Crippen molar-refractivity contribution in [3.8, 4) is 33.4 Å². The molecule has 0 N–H and O–H groups in total. The van der Waals surface area contributed by atoms with Gasteiger partial charge in [-0.3, -0.25) is 0 Å². The summed E-state index contributed by atoms with van der Waals surface area (Å²) in [6, 6.07) is 61.6. The van der Waals surface area contributed by atoms with Gasteiger partial charge in [0.05, 0.1) is 52.2 Å². The molecular formula is C100H92N12O4+6. The maximum Gasteiger partial charge on any atom is 0.173 e. The maximum atomic E-state index is 5.71. The molecule has 7 aliphatic heterocycles. The molecule has 0 fully saturated rings. The molecule has 0 aliphatic carbocycles. The number of aromatic nitrogens is 6. The quantitative estimate of drug-likeness (QED) is 0.0474. The summed E-state index contributed by atoms with van der Waals surface area (Å²) in [6.45, 7) is 8.65. The van der Waals surface area contributed by atoms with Gasteiger partial charge in [0.1, 0.15) is 19.8 Å². The average Bonchev–Trinajstić information content (AvgIpc) is 1.61. The van der Waals surface area contributed by atoms with Crippen LogP contribution >= 0.6 is 0 Å². The monoisotopic (exact) mass is 1520 g/mol. The van der Waals surface area contributed by atoms with Crippen LogP contribution in [-0.4, -0.2) is 94.1 Å². The summed E-state index contributed by atoms with van der Waals surface area (Å²) in [5.74, 6) is 0. The minimum Gasteiger partial charge on any atom is -0.383 e. The van der Waals surface area contributed by atoms with Crippen molar-refractivity contribution in [1.29, 1.82) is 0 Å². The van der Waals surface area contributed by atoms with Crippen molar-refractivity contribution in [2.45, 2.75) is 45.8 Å². The van der Waals surface area contributed by atoms with Crippen molar-refractivity contribution >= 4 is 45.1 Å². The molecule has 13 heterocycles. The normalized spacial score (nSPS) is 15.3. The largest absolute Gasteiger partial charge is 0.383 e. The first-order valence-electron chi connectivity index (χ1n) is 39.5. The van der Waals surface area contributed by atoms with E-state index < -0.39 is 0 Å². The number of allylic oxidation sites excluding steroid dienone is 18. The predicted octanol–water partition coefficient (Wildman–Crippen LogP) is 14.6. The SMILES string of the molecule is COCCN1C=CC(=C2C=CN(Cc3ccc(C4=C5C=CC(=N5)C(c5ccc(C[n+]6ccc(-c7cc[n+](CCOC)cc7)cc6)cc5)=C5C=CC(=N5)C(c5ccc(C[n+]6ccc(-c7cc[n+](CCOC)cc7)cc6)cc5)=C5C=CC(=N5)C(c5ccc(C[n+]6ccc(-c7cc[n+](CCOC)cc7)cc6)cc5)=C5C=CC4=N5)cc3)C=C2)C=C1. The standard InChI is InChI=1S/C100H92N12O4/c1-113-65-61-105-45-29-77(30-46-105)81-37-53-109(54-38-81)69-73-5-13-85(14-6-73)97-89-21-23-91(101-89)98(86-15-7-74(8-16-86)70-110-55-39-82(40-56-110)78-31-47-106(48-32-78)62-66-114-2)93-25-27-95(103-93)100(88-19-11-76(12-20-88)72-112-59-43-84(44-60-112)80-35-51-108(52-36-80)64-68-116-4)96-28-26-94(104-96)99(92-24-22-90(97)102-92)87-17-9-75(10-18-87)71-111-57-41-83(42-58-111)79-33-49-107(50-34-79)63-67-115-3/h5-60H,61-72H2,1-4H3/q+6. The minimum atomic E-state index is 0.667. The molecule has 17 rings (SSSR count). The first kappa shape index (κ1) is 75.2. The molecule has 0 atom stereocenters. The molecule has 0 saturated carbocycles. The zero-order chi connectivity index (χ0) is 78.5. The highest BCUT2D eigenvalue weighted by atomic mass is 16.5. The van der Waals surface area contributed by atoms with E-state index in [1.807, 2.05) is 0 Å². The van der Waals surface area contributed by atoms with E-state index in [-0.39, 0.29) is 0 Å². The highest BCUT2D eigenvalue weighted by Crippen LogP contribution is 2.40. The number of nitrogens with zero attached hydrogens (tertiary/aromatic N) is 12. The zero-order valence-electron chi connectivity index (χ0n) is 65.8. The molecule has 0 amide bonds. The van der Waals surface area contributed by atoms with Crippen molar-refractivity contribution in [2.24, 2.45) is 20.0 Å². The molecule has 116 heavy (non-hydrogen) atoms. The Morgan fingerprint density at radius 1 is 0.241 bits per heavy atom. The number of ether oxygens (including phenoxy) is 4. The topological polar surface area (TPSA) is 116 Å². The Labute approximate surface area is 678 Å². The van der Waals surface area contributed by atoms with E-state index in [1.165, 1.54) is 0 Å². The van der Waals surface area contributed by atoms with Gasteiger partial charge in [0, 0.05) is 178 Å². The summed E-state index contributed by atoms with van der Waals surface area (Å²) in [7, 11) is 6.93. The Balaban J connectivity index is 0.733. The van der Waals surface area contributed by atoms with E-state index >= 15 is 0 Å². The molecule has 0 radical (unpaired) electrons. The van der Waals surface area contributed by atoms with Crippen LogP contribution in [0.3, 0.4) is 0 Å². The van der Waals surface area contributed by atoms with Gasteiger partial charge in [-0.1, -0.05) is 97.1 Å². The van der Waals surface area contributed by atoms with Crippen LogP contribution in [0, 0.1) is 0 Å². The van der Waals surface area contributed by atoms with Crippen LogP contribution in [0.2, 0.25) is 0 Å². The van der Waals surface area contributed by atoms with E-state index in [0.717, 1.165) is 183 Å². The fourth-order valence-electron chi connectivity index (χ4n) is 15.2. The van der Waals surface area contributed by atoms with Crippen molar-refractivity contribution in [2.75, 3.05) is 61.4 Å². The third-order valence-electron chi connectivity index (χ3n) is 21.7. The van der Waals surface area contributed by atoms with E-state index in [0.29, 0.717) is 52.6 Å². The molecular weight excluding hydrogens is 1430 g/mol. The van der Waals surface area contributed by atoms with Gasteiger partial charge >= 0.3 is 0 Å². The zero-order valence-corrected chi connectivity index (χ0v) is 65.8. The van der Waals surface area contributed by atoms with Gasteiger partial charge in [0.25, 0.3) is 0 Å². The second kappa shape index (κ2) is 35.3. The molecule has 0 spiro atoms. The highest BCUT2D eigenvalue weighted by molar-refractivity contribution is 6.39. The Morgan fingerprint density at radius 2 is 0.483 bits per heavy atom.